The minimum Gasteiger partial charge on any atom is -0.477 e. The fourth-order valence-electron chi connectivity index (χ4n) is 2.48. The van der Waals surface area contributed by atoms with E-state index in [2.05, 4.69) is 17.4 Å². The Morgan fingerprint density at radius 3 is 2.52 bits per heavy atom. The average molecular weight is 400 g/mol. The summed E-state index contributed by atoms with van der Waals surface area (Å²) >= 11 is 0. The third-order valence-electron chi connectivity index (χ3n) is 3.88. The van der Waals surface area contributed by atoms with Gasteiger partial charge in [0.2, 0.25) is 0 Å². The number of nitro benzene ring substituents is 2. The first kappa shape index (κ1) is 21.4. The molecule has 2 rings (SSSR count). The summed E-state index contributed by atoms with van der Waals surface area (Å²) in [6.45, 7) is 5.20. The highest BCUT2D eigenvalue weighted by molar-refractivity contribution is 5.78. The fourth-order valence-corrected chi connectivity index (χ4v) is 2.48. The van der Waals surface area contributed by atoms with Gasteiger partial charge in [0.05, 0.1) is 15.5 Å². The van der Waals surface area contributed by atoms with E-state index in [1.54, 1.807) is 12.1 Å². The van der Waals surface area contributed by atoms with E-state index in [4.69, 9.17) is 4.74 Å². The molecule has 0 fully saturated rings. The van der Waals surface area contributed by atoms with Crippen LogP contribution >= 0.6 is 0 Å². The second-order valence-electron chi connectivity index (χ2n) is 6.06. The summed E-state index contributed by atoms with van der Waals surface area (Å²) in [5.74, 6) is -0.619. The van der Waals surface area contributed by atoms with Crippen LogP contribution in [0.1, 0.15) is 24.5 Å². The van der Waals surface area contributed by atoms with Gasteiger partial charge in [0.1, 0.15) is 0 Å². The molecular weight excluding hydrogens is 380 g/mol. The maximum atomic E-state index is 12.0. The SMILES string of the molecule is C=C(NNC(=O)COc1ccc(CCC)cc1[N+](=O)[O-])c1cccc([N+](=O)[O-])c1. The van der Waals surface area contributed by atoms with Crippen molar-refractivity contribution in [3.8, 4) is 5.75 Å². The van der Waals surface area contributed by atoms with Crippen LogP contribution in [0.25, 0.3) is 5.70 Å². The van der Waals surface area contributed by atoms with Gasteiger partial charge in [-0.2, -0.15) is 0 Å². The van der Waals surface area contributed by atoms with Crippen LogP contribution in [0.3, 0.4) is 0 Å². The van der Waals surface area contributed by atoms with Crippen molar-refractivity contribution in [2.75, 3.05) is 6.61 Å². The lowest BCUT2D eigenvalue weighted by Crippen LogP contribution is -2.39. The number of hydrazine groups is 1. The average Bonchev–Trinajstić information content (AvgIpc) is 2.71. The number of benzene rings is 2. The topological polar surface area (TPSA) is 137 Å². The minimum atomic E-state index is -0.608. The van der Waals surface area contributed by atoms with Gasteiger partial charge < -0.3 is 4.74 Å². The second-order valence-corrected chi connectivity index (χ2v) is 6.06. The molecule has 0 aliphatic heterocycles. The lowest BCUT2D eigenvalue weighted by molar-refractivity contribution is -0.385. The molecule has 0 saturated heterocycles. The number of aryl methyl sites for hydroxylation is 1. The maximum Gasteiger partial charge on any atom is 0.311 e. The number of nitrogens with zero attached hydrogens (tertiary/aromatic N) is 2. The van der Waals surface area contributed by atoms with Crippen molar-refractivity contribution in [2.24, 2.45) is 0 Å². The monoisotopic (exact) mass is 400 g/mol. The van der Waals surface area contributed by atoms with Gasteiger partial charge in [0, 0.05) is 23.8 Å². The Balaban J connectivity index is 1.93. The first-order valence-corrected chi connectivity index (χ1v) is 8.70. The van der Waals surface area contributed by atoms with Gasteiger partial charge in [-0.05, 0) is 18.1 Å². The molecule has 10 heteroatoms. The summed E-state index contributed by atoms with van der Waals surface area (Å²) in [7, 11) is 0. The molecule has 0 spiro atoms. The molecule has 0 heterocycles. The van der Waals surface area contributed by atoms with Crippen LogP contribution in [0.15, 0.2) is 49.0 Å². The van der Waals surface area contributed by atoms with E-state index in [0.717, 1.165) is 12.0 Å². The summed E-state index contributed by atoms with van der Waals surface area (Å²) in [4.78, 5) is 32.9. The van der Waals surface area contributed by atoms with Crippen molar-refractivity contribution in [1.29, 1.82) is 0 Å². The molecule has 0 bridgehead atoms. The molecule has 0 aliphatic rings. The van der Waals surface area contributed by atoms with Crippen LogP contribution in [0.5, 0.6) is 5.75 Å². The Labute approximate surface area is 166 Å². The smallest absolute Gasteiger partial charge is 0.311 e. The number of hydrogen-bond donors (Lipinski definition) is 2. The van der Waals surface area contributed by atoms with Crippen LogP contribution in [0, 0.1) is 20.2 Å². The summed E-state index contributed by atoms with van der Waals surface area (Å²) in [6.07, 6.45) is 1.55. The van der Waals surface area contributed by atoms with E-state index in [1.165, 1.54) is 30.3 Å². The van der Waals surface area contributed by atoms with Gasteiger partial charge in [-0.15, -0.1) is 0 Å². The van der Waals surface area contributed by atoms with Crippen LogP contribution in [-0.4, -0.2) is 22.4 Å². The van der Waals surface area contributed by atoms with Gasteiger partial charge in [0.25, 0.3) is 11.6 Å². The Hall–Kier alpha value is -3.95. The van der Waals surface area contributed by atoms with Crippen LogP contribution in [0.4, 0.5) is 11.4 Å². The van der Waals surface area contributed by atoms with Gasteiger partial charge >= 0.3 is 5.69 Å². The molecule has 0 radical (unpaired) electrons. The standard InChI is InChI=1S/C19H20N4O6/c1-3-5-14-8-9-18(17(10-14)23(27)28)29-12-19(24)21-20-13(2)15-6-4-7-16(11-15)22(25)26/h4,6-11,20H,2-3,5,12H2,1H3,(H,21,24). The third-order valence-corrected chi connectivity index (χ3v) is 3.88. The normalized spacial score (nSPS) is 10.1. The maximum absolute atomic E-state index is 12.0. The highest BCUT2D eigenvalue weighted by Gasteiger charge is 2.17. The van der Waals surface area contributed by atoms with Crippen molar-refractivity contribution in [3.05, 3.63) is 80.4 Å². The number of non-ortho nitro benzene ring substituents is 1. The first-order chi connectivity index (χ1) is 13.8. The van der Waals surface area contributed by atoms with E-state index in [-0.39, 0.29) is 22.8 Å². The zero-order valence-electron chi connectivity index (χ0n) is 15.7. The molecule has 0 atom stereocenters. The Morgan fingerprint density at radius 2 is 1.86 bits per heavy atom. The van der Waals surface area contributed by atoms with Crippen molar-refractivity contribution in [2.45, 2.75) is 19.8 Å². The number of nitro groups is 2. The second kappa shape index (κ2) is 9.83. The molecule has 1 amide bonds. The first-order valence-electron chi connectivity index (χ1n) is 8.70. The summed E-state index contributed by atoms with van der Waals surface area (Å²) in [5, 5.41) is 22.0. The van der Waals surface area contributed by atoms with Crippen LogP contribution in [-0.2, 0) is 11.2 Å². The lowest BCUT2D eigenvalue weighted by atomic mass is 10.1. The van der Waals surface area contributed by atoms with E-state index in [1.807, 2.05) is 6.92 Å². The molecule has 0 aromatic heterocycles. The number of nitrogens with one attached hydrogen (secondary N) is 2. The fraction of sp³-hybridized carbons (Fsp3) is 0.211. The van der Waals surface area contributed by atoms with Gasteiger partial charge in [0.15, 0.2) is 12.4 Å². The predicted octanol–water partition coefficient (Wildman–Crippen LogP) is 3.13. The molecule has 0 saturated carbocycles. The molecule has 29 heavy (non-hydrogen) atoms. The quantitative estimate of drug-likeness (QED) is 0.462. The highest BCUT2D eigenvalue weighted by atomic mass is 16.6. The van der Waals surface area contributed by atoms with Gasteiger partial charge in [-0.3, -0.25) is 35.9 Å². The minimum absolute atomic E-state index is 0.0116. The number of carbonyl (C=O) groups excluding carboxylic acids is 1. The summed E-state index contributed by atoms with van der Waals surface area (Å²) in [6, 6.07) is 10.3. The molecule has 152 valence electrons. The summed E-state index contributed by atoms with van der Waals surface area (Å²) in [5.41, 5.74) is 6.00. The Kier molecular flexibility index (Phi) is 7.24. The molecular formula is C19H20N4O6. The van der Waals surface area contributed by atoms with E-state index < -0.39 is 22.4 Å². The number of hydrogen-bond acceptors (Lipinski definition) is 7. The van der Waals surface area contributed by atoms with Crippen molar-refractivity contribution >= 4 is 23.0 Å². The predicted molar refractivity (Wildman–Crippen MR) is 106 cm³/mol. The molecule has 10 nitrogen and oxygen atoms in total. The number of rotatable bonds is 10. The van der Waals surface area contributed by atoms with Crippen molar-refractivity contribution in [1.82, 2.24) is 10.9 Å². The zero-order valence-corrected chi connectivity index (χ0v) is 15.7. The van der Waals surface area contributed by atoms with E-state index in [0.29, 0.717) is 12.0 Å². The third kappa shape index (κ3) is 6.03. The van der Waals surface area contributed by atoms with Crippen molar-refractivity contribution < 1.29 is 19.4 Å². The Morgan fingerprint density at radius 1 is 1.10 bits per heavy atom. The molecule has 0 unspecified atom stereocenters. The van der Waals surface area contributed by atoms with Crippen LogP contribution < -0.4 is 15.6 Å². The zero-order chi connectivity index (χ0) is 21.4. The number of carbonyl (C=O) groups is 1. The molecule has 2 N–H and O–H groups in total. The summed E-state index contributed by atoms with van der Waals surface area (Å²) < 4.78 is 5.27. The van der Waals surface area contributed by atoms with Gasteiger partial charge in [-0.1, -0.05) is 38.1 Å². The van der Waals surface area contributed by atoms with Crippen LogP contribution in [0.2, 0.25) is 0 Å². The Bertz CT molecular complexity index is 944. The largest absolute Gasteiger partial charge is 0.477 e. The lowest BCUT2D eigenvalue weighted by Gasteiger charge is -2.12. The van der Waals surface area contributed by atoms with Gasteiger partial charge in [-0.25, -0.2) is 0 Å². The highest BCUT2D eigenvalue weighted by Crippen LogP contribution is 2.28. The number of ether oxygens (including phenoxy) is 1. The van der Waals surface area contributed by atoms with E-state index >= 15 is 0 Å². The molecule has 2 aromatic rings. The molecule has 0 aliphatic carbocycles. The van der Waals surface area contributed by atoms with E-state index in [9.17, 15) is 25.0 Å². The number of amides is 1. The van der Waals surface area contributed by atoms with Crippen molar-refractivity contribution in [3.63, 3.8) is 0 Å². The molecule has 2 aromatic carbocycles.